The zero-order valence-corrected chi connectivity index (χ0v) is 99.8. The van der Waals surface area contributed by atoms with Crippen LogP contribution >= 0.6 is 0 Å². The van der Waals surface area contributed by atoms with Gasteiger partial charge in [-0.3, -0.25) is 0 Å². The Balaban J connectivity index is 0.000000764. The summed E-state index contributed by atoms with van der Waals surface area (Å²) in [5, 5.41) is 0. The Bertz CT molecular complexity index is 5440. The van der Waals surface area contributed by atoms with E-state index in [4.69, 9.17) is 0 Å². The fourth-order valence-electron chi connectivity index (χ4n) is 15.9. The highest BCUT2D eigenvalue weighted by molar-refractivity contribution is 5.39. The van der Waals surface area contributed by atoms with E-state index in [-0.39, 0.29) is 27.1 Å². The van der Waals surface area contributed by atoms with E-state index in [0.29, 0.717) is 37.9 Å². The van der Waals surface area contributed by atoms with Gasteiger partial charge in [0.05, 0.1) is 0 Å². The third-order valence-corrected chi connectivity index (χ3v) is 23.7. The molecule has 0 bridgehead atoms. The Morgan fingerprint density at radius 3 is 0.771 bits per heavy atom. The maximum Gasteiger partial charge on any atom is -0.0129 e. The molecule has 0 aliphatic rings. The summed E-state index contributed by atoms with van der Waals surface area (Å²) in [7, 11) is 0. The fraction of sp³-hybridized carbons (Fsp3) is 0.486. The summed E-state index contributed by atoms with van der Waals surface area (Å²) in [6.45, 7) is 111. The van der Waals surface area contributed by atoms with Crippen molar-refractivity contribution in [2.45, 2.75) is 417 Å². The van der Waals surface area contributed by atoms with Crippen molar-refractivity contribution >= 4 is 0 Å². The number of benzene rings is 12. The minimum absolute atomic E-state index is 0.276. The summed E-state index contributed by atoms with van der Waals surface area (Å²) >= 11 is 0. The standard InChI is InChI=1S/2C13H20.5C12H18.4C11H16.C10H14/c1-10-6-7-12(8-11(10)2)9-13(3,4)5;1-10-6-7-12(11(2)8-10)9-13(3,4)5;1-9-6-7-11(8-10(9)2)12(3,4)5;1-9-6-7-11(10(2)8-9)12(3,4)5;1-10-5-7-11(8-6-10)9-12(2,3)4;1-10-6-5-7-11(8-10)9-12(2,3)4;1-10-7-5-6-8-11(10)9-12(2,3)4;1-9-5-7-10(8-6-9)11(2,3)4;1-9-6-5-7-10(8-9)11(2,3)4;1-9-7-5-6-8-10(9)11(2,3)4;1-11(2,3)9-10-7-5-4-6-8-10;1-10(2,3)9-7-5-4-6-8-9/h2*6-8H,9H2,1-5H3;2*6-8H,1-5H3;3*5-8H,9H2,1-4H3;3*5-8H,1-4H3;4-8H,9H2,1-3H3;4-8H,1-3H3. The van der Waals surface area contributed by atoms with E-state index in [1.54, 1.807) is 0 Å². The first-order chi connectivity index (χ1) is 63.7. The molecule has 768 valence electrons. The van der Waals surface area contributed by atoms with Gasteiger partial charge in [0.2, 0.25) is 0 Å². The van der Waals surface area contributed by atoms with Crippen molar-refractivity contribution in [1.82, 2.24) is 0 Å². The number of hydrogen-bond acceptors (Lipinski definition) is 0. The number of aryl methyl sites for hydroxylation is 14. The minimum Gasteiger partial charge on any atom is -0.0622 e. The average Bonchev–Trinajstić information content (AvgIpc) is 0.843. The Hall–Kier alpha value is -9.36. The molecule has 12 aromatic carbocycles. The SMILES string of the molecule is CC(C)(C)Cc1ccccc1.CC(C)(C)c1ccccc1.Cc1ccc(C(C)(C)C)c(C)c1.Cc1ccc(C(C)(C)C)cc1.Cc1ccc(C(C)(C)C)cc1C.Cc1ccc(CC(C)(C)C)c(C)c1.Cc1ccc(CC(C)(C)C)cc1.Cc1ccc(CC(C)(C)C)cc1C.Cc1cccc(C(C)(C)C)c1.Cc1cccc(CC(C)(C)C)c1.Cc1ccccc1C(C)(C)C.Cc1ccccc1CC(C)(C)C. The normalized spacial score (nSPS) is 11.7. The van der Waals surface area contributed by atoms with Gasteiger partial charge in [0, 0.05) is 0 Å². The van der Waals surface area contributed by atoms with Gasteiger partial charge in [0.15, 0.2) is 0 Å². The largest absolute Gasteiger partial charge is 0.0622 e. The second kappa shape index (κ2) is 57.8. The monoisotopic (exact) mass is 1890 g/mol. The lowest BCUT2D eigenvalue weighted by atomic mass is 9.84. The molecule has 0 aliphatic heterocycles. The molecule has 0 aliphatic carbocycles. The average molecular weight is 1890 g/mol. The van der Waals surface area contributed by atoms with E-state index in [1.807, 2.05) is 0 Å². The van der Waals surface area contributed by atoms with Crippen molar-refractivity contribution in [3.63, 3.8) is 0 Å². The summed E-state index contributed by atoms with van der Waals surface area (Å²) < 4.78 is 0. The van der Waals surface area contributed by atoms with Crippen LogP contribution < -0.4 is 0 Å². The molecular formula is C140H208. The van der Waals surface area contributed by atoms with Crippen molar-refractivity contribution in [2.24, 2.45) is 32.5 Å². The molecule has 140 heavy (non-hydrogen) atoms. The maximum atomic E-state index is 2.31. The topological polar surface area (TPSA) is 0 Å². The first-order valence-electron chi connectivity index (χ1n) is 52.5. The lowest BCUT2D eigenvalue weighted by molar-refractivity contribution is 0.410. The summed E-state index contributed by atoms with van der Waals surface area (Å²) in [5.74, 6) is 0. The Morgan fingerprint density at radius 2 is 0.414 bits per heavy atom. The van der Waals surface area contributed by atoms with Gasteiger partial charge >= 0.3 is 0 Å². The van der Waals surface area contributed by atoms with E-state index < -0.39 is 0 Å². The second-order valence-electron chi connectivity index (χ2n) is 53.7. The van der Waals surface area contributed by atoms with E-state index in [0.717, 1.165) is 25.7 Å². The highest BCUT2D eigenvalue weighted by Gasteiger charge is 2.22. The molecule has 0 saturated heterocycles. The van der Waals surface area contributed by atoms with Gasteiger partial charge in [0.25, 0.3) is 0 Å². The van der Waals surface area contributed by atoms with Crippen LogP contribution in [0.1, 0.15) is 394 Å². The molecule has 0 fully saturated rings. The van der Waals surface area contributed by atoms with Crippen LogP contribution in [-0.2, 0) is 71.0 Å². The number of rotatable bonds is 6. The third-order valence-electron chi connectivity index (χ3n) is 23.7. The van der Waals surface area contributed by atoms with Gasteiger partial charge in [-0.15, -0.1) is 0 Å². The molecule has 0 aromatic heterocycles. The van der Waals surface area contributed by atoms with Crippen LogP contribution in [0, 0.1) is 129 Å². The zero-order valence-electron chi connectivity index (χ0n) is 99.8. The van der Waals surface area contributed by atoms with Crippen LogP contribution in [0.5, 0.6) is 0 Å². The quantitative estimate of drug-likeness (QED) is 0.156. The summed E-state index contributed by atoms with van der Waals surface area (Å²) in [4.78, 5) is 0. The van der Waals surface area contributed by atoms with Gasteiger partial charge in [-0.1, -0.05) is 562 Å². The van der Waals surface area contributed by atoms with Gasteiger partial charge < -0.3 is 0 Å². The molecule has 0 heterocycles. The molecule has 0 N–H and O–H groups in total. The zero-order chi connectivity index (χ0) is 108. The van der Waals surface area contributed by atoms with Crippen LogP contribution in [0.15, 0.2) is 279 Å². The fourth-order valence-corrected chi connectivity index (χ4v) is 15.9. The van der Waals surface area contributed by atoms with Crippen molar-refractivity contribution in [2.75, 3.05) is 0 Å². The molecule has 0 saturated carbocycles. The minimum atomic E-state index is 0.276. The molecule has 0 unspecified atom stereocenters. The van der Waals surface area contributed by atoms with Crippen molar-refractivity contribution < 1.29 is 0 Å². The van der Waals surface area contributed by atoms with Crippen LogP contribution in [0.3, 0.4) is 0 Å². The van der Waals surface area contributed by atoms with E-state index in [9.17, 15) is 0 Å². The van der Waals surface area contributed by atoms with Crippen molar-refractivity contribution in [3.8, 4) is 0 Å². The molecule has 0 nitrogen and oxygen atoms in total. The van der Waals surface area contributed by atoms with E-state index >= 15 is 0 Å². The van der Waals surface area contributed by atoms with Gasteiger partial charge in [-0.25, -0.2) is 0 Å². The van der Waals surface area contributed by atoms with Gasteiger partial charge in [-0.2, -0.15) is 0 Å². The van der Waals surface area contributed by atoms with E-state index in [1.165, 1.54) is 157 Å². The Labute approximate surface area is 867 Å². The Morgan fingerprint density at radius 1 is 0.136 bits per heavy atom. The molecule has 12 rings (SSSR count). The molecular weight excluding hydrogens is 1680 g/mol. The van der Waals surface area contributed by atoms with Crippen LogP contribution in [0.2, 0.25) is 0 Å². The highest BCUT2D eigenvalue weighted by Crippen LogP contribution is 2.33. The summed E-state index contributed by atoms with van der Waals surface area (Å²) in [5.41, 5.74) is 40.6. The van der Waals surface area contributed by atoms with Crippen LogP contribution in [0.4, 0.5) is 0 Å². The maximum absolute atomic E-state index is 2.31. The Kier molecular flexibility index (Phi) is 53.1. The lowest BCUT2D eigenvalue weighted by Crippen LogP contribution is -2.12. The molecule has 12 aromatic rings. The molecule has 0 heteroatoms. The van der Waals surface area contributed by atoms with E-state index in [2.05, 4.69) is 625 Å². The smallest absolute Gasteiger partial charge is 0.0129 e. The molecule has 0 spiro atoms. The second-order valence-corrected chi connectivity index (χ2v) is 53.7. The highest BCUT2D eigenvalue weighted by atomic mass is 14.3. The first-order valence-corrected chi connectivity index (χ1v) is 52.5. The molecule has 0 amide bonds. The molecule has 0 radical (unpaired) electrons. The summed E-state index contributed by atoms with van der Waals surface area (Å²) in [6.07, 6.45) is 6.97. The first kappa shape index (κ1) is 129. The van der Waals surface area contributed by atoms with Crippen LogP contribution in [-0.4, -0.2) is 0 Å². The summed E-state index contributed by atoms with van der Waals surface area (Å²) in [6, 6.07) is 100. The van der Waals surface area contributed by atoms with Crippen molar-refractivity contribution in [3.05, 3.63) is 424 Å². The number of hydrogen-bond donors (Lipinski definition) is 0. The predicted octanol–water partition coefficient (Wildman–Crippen LogP) is 41.9. The lowest BCUT2D eigenvalue weighted by Gasteiger charge is -2.21. The van der Waals surface area contributed by atoms with Gasteiger partial charge in [-0.05, 0) is 312 Å². The van der Waals surface area contributed by atoms with Gasteiger partial charge in [0.1, 0.15) is 0 Å². The predicted molar refractivity (Wildman–Crippen MR) is 635 cm³/mol. The van der Waals surface area contributed by atoms with Crippen molar-refractivity contribution in [1.29, 1.82) is 0 Å². The van der Waals surface area contributed by atoms with Crippen LogP contribution in [0.25, 0.3) is 0 Å². The third kappa shape index (κ3) is 60.2. The molecule has 0 atom stereocenters.